The van der Waals surface area contributed by atoms with E-state index in [9.17, 15) is 21.6 Å². The Morgan fingerprint density at radius 3 is 2.32 bits per heavy atom. The highest BCUT2D eigenvalue weighted by Crippen LogP contribution is 2.28. The summed E-state index contributed by atoms with van der Waals surface area (Å²) in [6.45, 7) is 0.401. The molecule has 1 unspecified atom stereocenters. The smallest absolute Gasteiger partial charge is 0.207 e. The first kappa shape index (κ1) is 14.8. The van der Waals surface area contributed by atoms with Crippen molar-refractivity contribution in [1.29, 1.82) is 0 Å². The average Bonchev–Trinajstić information content (AvgIpc) is 2.75. The van der Waals surface area contributed by atoms with Crippen molar-refractivity contribution in [2.24, 2.45) is 5.92 Å². The summed E-state index contributed by atoms with van der Waals surface area (Å²) >= 11 is 3.25. The fourth-order valence-corrected chi connectivity index (χ4v) is 4.20. The van der Waals surface area contributed by atoms with Crippen LogP contribution in [-0.2, 0) is 10.0 Å². The van der Waals surface area contributed by atoms with Crippen molar-refractivity contribution in [3.63, 3.8) is 0 Å². The first-order valence-electron chi connectivity index (χ1n) is 5.57. The first-order valence-corrected chi connectivity index (χ1v) is 8.13. The highest BCUT2D eigenvalue weighted by Gasteiger charge is 2.36. The summed E-state index contributed by atoms with van der Waals surface area (Å²) in [7, 11) is -4.26. The standard InChI is InChI=1S/C11H11BrF3NO2S/c12-5-7-1-2-16(6-7)19(17,18)11-9(14)3-8(13)4-10(11)15/h3-4,7H,1-2,5-6H2. The summed E-state index contributed by atoms with van der Waals surface area (Å²) in [6, 6.07) is 0.738. The van der Waals surface area contributed by atoms with Crippen LogP contribution in [0.1, 0.15) is 6.42 Å². The van der Waals surface area contributed by atoms with Gasteiger partial charge in [0.05, 0.1) is 0 Å². The molecule has 0 aliphatic carbocycles. The highest BCUT2D eigenvalue weighted by atomic mass is 79.9. The second kappa shape index (κ2) is 5.41. The van der Waals surface area contributed by atoms with Crippen molar-refractivity contribution < 1.29 is 21.6 Å². The normalized spacial score (nSPS) is 20.9. The molecule has 2 rings (SSSR count). The molecule has 1 aliphatic rings. The fourth-order valence-electron chi connectivity index (χ4n) is 2.05. The minimum absolute atomic E-state index is 0.112. The predicted molar refractivity (Wildman–Crippen MR) is 67.0 cm³/mol. The number of hydrogen-bond acceptors (Lipinski definition) is 2. The molecular weight excluding hydrogens is 347 g/mol. The van der Waals surface area contributed by atoms with Crippen LogP contribution in [0.2, 0.25) is 0 Å². The Hall–Kier alpha value is -0.600. The van der Waals surface area contributed by atoms with Gasteiger partial charge in [-0.25, -0.2) is 21.6 Å². The molecule has 106 valence electrons. The third kappa shape index (κ3) is 2.80. The van der Waals surface area contributed by atoms with Crippen LogP contribution in [0, 0.1) is 23.4 Å². The Bertz CT molecular complexity index is 571. The molecule has 0 N–H and O–H groups in total. The lowest BCUT2D eigenvalue weighted by Crippen LogP contribution is -2.30. The fraction of sp³-hybridized carbons (Fsp3) is 0.455. The third-order valence-electron chi connectivity index (χ3n) is 3.03. The van der Waals surface area contributed by atoms with Crippen molar-refractivity contribution in [2.75, 3.05) is 18.4 Å². The summed E-state index contributed by atoms with van der Waals surface area (Å²) in [5, 5.41) is 0.618. The molecule has 3 nitrogen and oxygen atoms in total. The number of halogens is 4. The van der Waals surface area contributed by atoms with E-state index in [1.807, 2.05) is 0 Å². The first-order chi connectivity index (χ1) is 8.86. The number of hydrogen-bond donors (Lipinski definition) is 0. The largest absolute Gasteiger partial charge is 0.248 e. The quantitative estimate of drug-likeness (QED) is 0.779. The van der Waals surface area contributed by atoms with Crippen molar-refractivity contribution in [2.45, 2.75) is 11.3 Å². The molecule has 0 aromatic heterocycles. The van der Waals surface area contributed by atoms with Gasteiger partial charge in [0.1, 0.15) is 17.5 Å². The Morgan fingerprint density at radius 2 is 1.84 bits per heavy atom. The van der Waals surface area contributed by atoms with E-state index in [1.165, 1.54) is 0 Å². The maximum absolute atomic E-state index is 13.5. The molecule has 0 spiro atoms. The van der Waals surface area contributed by atoms with Gasteiger partial charge in [-0.3, -0.25) is 0 Å². The lowest BCUT2D eigenvalue weighted by atomic mass is 10.2. The molecule has 0 amide bonds. The predicted octanol–water partition coefficient (Wildman–Crippen LogP) is 2.51. The number of rotatable bonds is 3. The molecule has 1 aromatic rings. The van der Waals surface area contributed by atoms with E-state index in [0.717, 1.165) is 4.31 Å². The Morgan fingerprint density at radius 1 is 1.26 bits per heavy atom. The molecule has 1 aliphatic heterocycles. The summed E-state index contributed by atoms with van der Waals surface area (Å²) in [5.41, 5.74) is 0. The molecule has 0 radical (unpaired) electrons. The zero-order valence-corrected chi connectivity index (χ0v) is 12.1. The van der Waals surface area contributed by atoms with Gasteiger partial charge in [0.25, 0.3) is 0 Å². The number of sulfonamides is 1. The van der Waals surface area contributed by atoms with Gasteiger partial charge >= 0.3 is 0 Å². The van der Waals surface area contributed by atoms with E-state index >= 15 is 0 Å². The van der Waals surface area contributed by atoms with E-state index in [4.69, 9.17) is 0 Å². The maximum Gasteiger partial charge on any atom is 0.248 e. The summed E-state index contributed by atoms with van der Waals surface area (Å²) in [5.74, 6) is -3.84. The second-order valence-corrected chi connectivity index (χ2v) is 6.89. The minimum atomic E-state index is -4.26. The van der Waals surface area contributed by atoms with Crippen LogP contribution in [0.15, 0.2) is 17.0 Å². The Balaban J connectivity index is 2.41. The van der Waals surface area contributed by atoms with E-state index in [2.05, 4.69) is 15.9 Å². The molecule has 0 bridgehead atoms. The molecule has 1 saturated heterocycles. The van der Waals surface area contributed by atoms with Gasteiger partial charge < -0.3 is 0 Å². The molecule has 8 heteroatoms. The number of benzene rings is 1. The van der Waals surface area contributed by atoms with Gasteiger partial charge in [-0.05, 0) is 12.3 Å². The van der Waals surface area contributed by atoms with E-state index in [1.54, 1.807) is 0 Å². The van der Waals surface area contributed by atoms with Crippen molar-refractivity contribution in [1.82, 2.24) is 4.31 Å². The van der Waals surface area contributed by atoms with Crippen molar-refractivity contribution in [3.8, 4) is 0 Å². The molecule has 1 heterocycles. The molecular formula is C11H11BrF3NO2S. The molecule has 1 aromatic carbocycles. The lowest BCUT2D eigenvalue weighted by Gasteiger charge is -2.17. The van der Waals surface area contributed by atoms with E-state index < -0.39 is 32.4 Å². The highest BCUT2D eigenvalue weighted by molar-refractivity contribution is 9.09. The van der Waals surface area contributed by atoms with Gasteiger partial charge in [0, 0.05) is 30.6 Å². The maximum atomic E-state index is 13.5. The van der Waals surface area contributed by atoms with E-state index in [0.29, 0.717) is 23.9 Å². The monoisotopic (exact) mass is 357 g/mol. The van der Waals surface area contributed by atoms with Crippen molar-refractivity contribution in [3.05, 3.63) is 29.6 Å². The lowest BCUT2D eigenvalue weighted by molar-refractivity contribution is 0.443. The minimum Gasteiger partial charge on any atom is -0.207 e. The van der Waals surface area contributed by atoms with Gasteiger partial charge in [-0.2, -0.15) is 4.31 Å². The number of alkyl halides is 1. The average molecular weight is 358 g/mol. The SMILES string of the molecule is O=S(=O)(c1c(F)cc(F)cc1F)N1CCC(CBr)C1. The third-order valence-corrected chi connectivity index (χ3v) is 5.86. The molecule has 1 atom stereocenters. The molecule has 1 fully saturated rings. The van der Waals surface area contributed by atoms with Crippen LogP contribution in [-0.4, -0.2) is 31.1 Å². The zero-order valence-electron chi connectivity index (χ0n) is 9.74. The van der Waals surface area contributed by atoms with Crippen LogP contribution < -0.4 is 0 Å². The summed E-state index contributed by atoms with van der Waals surface area (Å²) in [4.78, 5) is -1.08. The second-order valence-electron chi connectivity index (χ2n) is 4.37. The van der Waals surface area contributed by atoms with Gasteiger partial charge in [0.2, 0.25) is 10.0 Å². The summed E-state index contributed by atoms with van der Waals surface area (Å²) in [6.07, 6.45) is 0.620. The van der Waals surface area contributed by atoms with Crippen LogP contribution in [0.5, 0.6) is 0 Å². The van der Waals surface area contributed by atoms with Crippen LogP contribution in [0.4, 0.5) is 13.2 Å². The van der Waals surface area contributed by atoms with Gasteiger partial charge in [0.15, 0.2) is 4.90 Å². The Labute approximate surface area is 117 Å². The zero-order chi connectivity index (χ0) is 14.2. The van der Waals surface area contributed by atoms with Crippen LogP contribution in [0.3, 0.4) is 0 Å². The summed E-state index contributed by atoms with van der Waals surface area (Å²) < 4.78 is 65.2. The van der Waals surface area contributed by atoms with Crippen molar-refractivity contribution >= 4 is 26.0 Å². The number of nitrogens with zero attached hydrogens (tertiary/aromatic N) is 1. The van der Waals surface area contributed by atoms with Gasteiger partial charge in [-0.1, -0.05) is 15.9 Å². The molecule has 0 saturated carbocycles. The molecule has 19 heavy (non-hydrogen) atoms. The van der Waals surface area contributed by atoms with E-state index in [-0.39, 0.29) is 19.0 Å². The topological polar surface area (TPSA) is 37.4 Å². The van der Waals surface area contributed by atoms with Crippen LogP contribution >= 0.6 is 15.9 Å². The van der Waals surface area contributed by atoms with Crippen LogP contribution in [0.25, 0.3) is 0 Å². The Kier molecular flexibility index (Phi) is 4.22. The van der Waals surface area contributed by atoms with Gasteiger partial charge in [-0.15, -0.1) is 0 Å².